The Morgan fingerprint density at radius 2 is 1.97 bits per heavy atom. The van der Waals surface area contributed by atoms with Crippen LogP contribution in [0.4, 0.5) is 5.69 Å². The number of thiazole rings is 1. The highest BCUT2D eigenvalue weighted by Crippen LogP contribution is 2.40. The van der Waals surface area contributed by atoms with Gasteiger partial charge in [-0.05, 0) is 32.0 Å². The Morgan fingerprint density at radius 3 is 2.63 bits per heavy atom. The molecule has 0 aliphatic carbocycles. The van der Waals surface area contributed by atoms with Gasteiger partial charge in [-0.15, -0.1) is 11.3 Å². The van der Waals surface area contributed by atoms with Gasteiger partial charge in [-0.3, -0.25) is 4.79 Å². The van der Waals surface area contributed by atoms with Gasteiger partial charge in [-0.1, -0.05) is 23.9 Å². The number of nitrogens with zero attached hydrogens (tertiary/aromatic N) is 3. The number of quaternary nitrogens is 1. The third-order valence-corrected chi connectivity index (χ3v) is 8.02. The minimum atomic E-state index is -0.561. The van der Waals surface area contributed by atoms with E-state index in [-0.39, 0.29) is 16.1 Å². The fourth-order valence-electron chi connectivity index (χ4n) is 4.25. The molecule has 0 bridgehead atoms. The van der Waals surface area contributed by atoms with Crippen molar-refractivity contribution < 1.29 is 9.59 Å². The quantitative estimate of drug-likeness (QED) is 0.466. The maximum Gasteiger partial charge on any atom is 0.329 e. The van der Waals surface area contributed by atoms with Crippen LogP contribution in [0.2, 0.25) is 0 Å². The van der Waals surface area contributed by atoms with Gasteiger partial charge in [0, 0.05) is 36.2 Å². The van der Waals surface area contributed by atoms with Crippen molar-refractivity contribution in [1.82, 2.24) is 14.0 Å². The Morgan fingerprint density at radius 1 is 1.23 bits per heavy atom. The number of para-hydroxylation sites is 2. The van der Waals surface area contributed by atoms with E-state index in [1.54, 1.807) is 11.3 Å². The molecule has 8 heteroatoms. The van der Waals surface area contributed by atoms with Crippen molar-refractivity contribution in [2.75, 3.05) is 12.3 Å². The molecule has 1 unspecified atom stereocenters. The molecule has 1 saturated heterocycles. The number of benzene rings is 1. The van der Waals surface area contributed by atoms with Gasteiger partial charge in [0.2, 0.25) is 0 Å². The lowest BCUT2D eigenvalue weighted by atomic mass is 10.1. The summed E-state index contributed by atoms with van der Waals surface area (Å²) in [6.45, 7) is 4.58. The molecule has 0 radical (unpaired) electrons. The molecular weight excluding hydrogens is 416 g/mol. The molecule has 1 fully saturated rings. The van der Waals surface area contributed by atoms with Crippen LogP contribution in [0.3, 0.4) is 0 Å². The lowest BCUT2D eigenvalue weighted by Crippen LogP contribution is -2.62. The van der Waals surface area contributed by atoms with Gasteiger partial charge in [0.05, 0.1) is 12.2 Å². The summed E-state index contributed by atoms with van der Waals surface area (Å²) >= 11 is 3.04. The first-order chi connectivity index (χ1) is 14.4. The molecule has 0 saturated carbocycles. The van der Waals surface area contributed by atoms with E-state index in [9.17, 15) is 9.59 Å². The zero-order chi connectivity index (χ0) is 21.3. The molecule has 2 atom stereocenters. The Balaban J connectivity index is 1.75. The number of thioether (sulfide) groups is 1. The van der Waals surface area contributed by atoms with Gasteiger partial charge in [-0.25, -0.2) is 14.3 Å². The average molecular weight is 442 g/mol. The number of nitrogens with two attached hydrogens (primary N) is 1. The molecule has 1 aliphatic rings. The predicted octanol–water partition coefficient (Wildman–Crippen LogP) is 3.82. The van der Waals surface area contributed by atoms with Gasteiger partial charge in [0.1, 0.15) is 11.4 Å². The summed E-state index contributed by atoms with van der Waals surface area (Å²) in [6.07, 6.45) is 5.29. The third kappa shape index (κ3) is 3.59. The summed E-state index contributed by atoms with van der Waals surface area (Å²) in [5.74, 6) is -0.184. The maximum atomic E-state index is 13.8. The fraction of sp³-hybridized carbons (Fsp3) is 0.318. The molecule has 0 spiro atoms. The molecule has 30 heavy (non-hydrogen) atoms. The van der Waals surface area contributed by atoms with E-state index in [0.717, 1.165) is 32.7 Å². The monoisotopic (exact) mass is 441 g/mol. The summed E-state index contributed by atoms with van der Waals surface area (Å²) in [6, 6.07) is 11.1. The lowest BCUT2D eigenvalue weighted by molar-refractivity contribution is -0.134. The van der Waals surface area contributed by atoms with Crippen LogP contribution in [0.1, 0.15) is 23.4 Å². The molecule has 1 aliphatic heterocycles. The Hall–Kier alpha value is -2.42. The number of carbonyl (C=O) groups excluding carboxylic acids is 2. The summed E-state index contributed by atoms with van der Waals surface area (Å²) in [5, 5.41) is 0. The lowest BCUT2D eigenvalue weighted by Gasteiger charge is -2.36. The molecule has 3 heterocycles. The maximum absolute atomic E-state index is 13.8. The Bertz CT molecular complexity index is 1060. The fourth-order valence-corrected chi connectivity index (χ4v) is 6.35. The SMILES string of the molecule is Cc1nc(SCC(=O)[N+]2(c3ccccc3-n3cccc3)CCC[C@H]2C(N)=O)sc1C. The molecule has 1 aromatic carbocycles. The van der Waals surface area contributed by atoms with Gasteiger partial charge in [-0.2, -0.15) is 0 Å². The first-order valence-electron chi connectivity index (χ1n) is 9.93. The first kappa shape index (κ1) is 20.8. The van der Waals surface area contributed by atoms with Gasteiger partial charge in [0.15, 0.2) is 16.1 Å². The number of carbonyl (C=O) groups is 2. The standard InChI is InChI=1S/C22H24N4O2S2/c1-15-16(2)30-22(24-15)29-14-20(27)26(13-7-10-19(26)21(23)28)18-9-4-3-8-17(18)25-11-5-6-12-25/h3-6,8-9,11-12,19H,7,10,13-14H2,1-2H3,(H-,23,28)/p+1/t19-,26?/m0/s1. The van der Waals surface area contributed by atoms with Crippen LogP contribution >= 0.6 is 23.1 Å². The van der Waals surface area contributed by atoms with Gasteiger partial charge < -0.3 is 10.3 Å². The van der Waals surface area contributed by atoms with Crippen LogP contribution in [-0.2, 0) is 9.59 Å². The number of amides is 2. The van der Waals surface area contributed by atoms with E-state index in [1.165, 1.54) is 11.8 Å². The second-order valence-corrected chi connectivity index (χ2v) is 9.96. The minimum absolute atomic E-state index is 0.00795. The van der Waals surface area contributed by atoms with Gasteiger partial charge in [0.25, 0.3) is 5.91 Å². The third-order valence-electron chi connectivity index (χ3n) is 5.82. The molecule has 6 nitrogen and oxygen atoms in total. The highest BCUT2D eigenvalue weighted by Gasteiger charge is 2.53. The van der Waals surface area contributed by atoms with E-state index >= 15 is 0 Å². The average Bonchev–Trinajstić information content (AvgIpc) is 3.47. The molecule has 2 N–H and O–H groups in total. The normalized spacial score (nSPS) is 21.1. The summed E-state index contributed by atoms with van der Waals surface area (Å²) in [7, 11) is 0. The molecule has 2 amide bonds. The van der Waals surface area contributed by atoms with Crippen molar-refractivity contribution in [1.29, 1.82) is 0 Å². The van der Waals surface area contributed by atoms with Crippen LogP contribution in [0.25, 0.3) is 5.69 Å². The number of rotatable bonds is 6. The number of likely N-dealkylation sites (tertiary alicyclic amines) is 1. The highest BCUT2D eigenvalue weighted by molar-refractivity contribution is 8.01. The smallest absolute Gasteiger partial charge is 0.329 e. The van der Waals surface area contributed by atoms with Crippen LogP contribution in [-0.4, -0.2) is 39.7 Å². The highest BCUT2D eigenvalue weighted by atomic mass is 32.2. The van der Waals surface area contributed by atoms with Crippen LogP contribution < -0.4 is 10.2 Å². The number of primary amides is 1. The topological polar surface area (TPSA) is 78.0 Å². The van der Waals surface area contributed by atoms with Crippen molar-refractivity contribution in [3.8, 4) is 5.69 Å². The van der Waals surface area contributed by atoms with Crippen molar-refractivity contribution in [2.24, 2.45) is 5.73 Å². The van der Waals surface area contributed by atoms with Crippen molar-refractivity contribution in [3.63, 3.8) is 0 Å². The van der Waals surface area contributed by atoms with Crippen LogP contribution in [0, 0.1) is 13.8 Å². The zero-order valence-electron chi connectivity index (χ0n) is 17.1. The van der Waals surface area contributed by atoms with E-state index in [0.29, 0.717) is 13.0 Å². The number of aromatic nitrogens is 2. The zero-order valence-corrected chi connectivity index (χ0v) is 18.7. The second kappa shape index (κ2) is 8.37. The first-order valence-corrected chi connectivity index (χ1v) is 11.7. The van der Waals surface area contributed by atoms with E-state index < -0.39 is 11.9 Å². The van der Waals surface area contributed by atoms with Crippen LogP contribution in [0.15, 0.2) is 53.1 Å². The van der Waals surface area contributed by atoms with Crippen LogP contribution in [0.5, 0.6) is 0 Å². The molecule has 2 aromatic heterocycles. The Labute approximate surface area is 184 Å². The van der Waals surface area contributed by atoms with Crippen molar-refractivity contribution in [2.45, 2.75) is 37.1 Å². The van der Waals surface area contributed by atoms with Crippen molar-refractivity contribution in [3.05, 3.63) is 59.4 Å². The number of hydrogen-bond acceptors (Lipinski definition) is 5. The molecular formula is C22H25N4O2S2+. The summed E-state index contributed by atoms with van der Waals surface area (Å²) < 4.78 is 2.84. The van der Waals surface area contributed by atoms with E-state index in [1.807, 2.05) is 67.2 Å². The van der Waals surface area contributed by atoms with E-state index in [2.05, 4.69) is 4.98 Å². The largest absolute Gasteiger partial charge is 0.364 e. The number of aryl methyl sites for hydroxylation is 2. The predicted molar refractivity (Wildman–Crippen MR) is 122 cm³/mol. The second-order valence-electron chi connectivity index (χ2n) is 7.54. The molecule has 156 valence electrons. The van der Waals surface area contributed by atoms with E-state index in [4.69, 9.17) is 5.73 Å². The van der Waals surface area contributed by atoms with Gasteiger partial charge >= 0.3 is 5.91 Å². The number of hydrogen-bond donors (Lipinski definition) is 1. The summed E-state index contributed by atoms with van der Waals surface area (Å²) in [5.41, 5.74) is 8.53. The molecule has 3 aromatic rings. The molecule has 4 rings (SSSR count). The van der Waals surface area contributed by atoms with Crippen molar-refractivity contribution >= 4 is 40.6 Å². The summed E-state index contributed by atoms with van der Waals surface area (Å²) in [4.78, 5) is 31.9. The minimum Gasteiger partial charge on any atom is -0.364 e. The Kier molecular flexibility index (Phi) is 5.81.